The molecule has 0 spiro atoms. The van der Waals surface area contributed by atoms with Gasteiger partial charge in [0.1, 0.15) is 15.7 Å². The topological polar surface area (TPSA) is 33.2 Å². The van der Waals surface area contributed by atoms with E-state index in [1.165, 1.54) is 0 Å². The lowest BCUT2D eigenvalue weighted by Crippen LogP contribution is -2.44. The molecular weight excluding hydrogens is 314 g/mol. The number of amides is 1. The Morgan fingerprint density at radius 1 is 1.20 bits per heavy atom. The molecule has 6 heteroatoms. The molecule has 1 aliphatic heterocycles. The third kappa shape index (κ3) is 2.08. The Morgan fingerprint density at radius 2 is 1.90 bits per heavy atom. The van der Waals surface area contributed by atoms with E-state index in [9.17, 15) is 4.79 Å². The molecule has 1 aromatic heterocycles. The normalized spacial score (nSPS) is 16.2. The Balaban J connectivity index is 1.96. The first-order valence-corrected chi connectivity index (χ1v) is 7.31. The smallest absolute Gasteiger partial charge is 0.255 e. The van der Waals surface area contributed by atoms with E-state index in [2.05, 4.69) is 20.9 Å². The SMILES string of the molecule is BC1(B)c2ncccc2C(=O)N1Cc1ccc(Br)cc1. The van der Waals surface area contributed by atoms with Crippen LogP contribution in [0.25, 0.3) is 0 Å². The third-order valence-electron chi connectivity index (χ3n) is 3.79. The van der Waals surface area contributed by atoms with Crippen LogP contribution in [-0.4, -0.2) is 31.5 Å². The van der Waals surface area contributed by atoms with Crippen molar-refractivity contribution in [2.45, 2.75) is 11.9 Å². The molecule has 98 valence electrons. The fourth-order valence-electron chi connectivity index (χ4n) is 2.63. The molecule has 0 unspecified atom stereocenters. The molecule has 0 atom stereocenters. The van der Waals surface area contributed by atoms with Gasteiger partial charge in [-0.1, -0.05) is 28.1 Å². The van der Waals surface area contributed by atoms with Crippen LogP contribution >= 0.6 is 15.9 Å². The summed E-state index contributed by atoms with van der Waals surface area (Å²) in [6, 6.07) is 11.7. The molecule has 0 radical (unpaired) electrons. The average Bonchev–Trinajstić information content (AvgIpc) is 2.63. The van der Waals surface area contributed by atoms with Crippen molar-refractivity contribution in [3.05, 3.63) is 63.9 Å². The number of hydrogen-bond donors (Lipinski definition) is 0. The van der Waals surface area contributed by atoms with Crippen molar-refractivity contribution in [3.8, 4) is 0 Å². The van der Waals surface area contributed by atoms with Crippen molar-refractivity contribution in [2.24, 2.45) is 0 Å². The summed E-state index contributed by atoms with van der Waals surface area (Å²) < 4.78 is 1.04. The number of halogens is 1. The highest BCUT2D eigenvalue weighted by Crippen LogP contribution is 2.34. The minimum atomic E-state index is -0.374. The summed E-state index contributed by atoms with van der Waals surface area (Å²) in [6.07, 6.45) is 1.75. The van der Waals surface area contributed by atoms with Gasteiger partial charge in [-0.3, -0.25) is 9.78 Å². The van der Waals surface area contributed by atoms with E-state index < -0.39 is 0 Å². The standard InChI is InChI=1S/C14H13B2BrN2O/c15-14(16)12-11(2-1-7-18-12)13(20)19(14)8-9-3-5-10(17)6-4-9/h1-7H,8,15-16H2. The number of aromatic nitrogens is 1. The van der Waals surface area contributed by atoms with Crippen LogP contribution in [0, 0.1) is 0 Å². The van der Waals surface area contributed by atoms with Gasteiger partial charge in [-0.15, -0.1) is 0 Å². The van der Waals surface area contributed by atoms with Crippen molar-refractivity contribution < 1.29 is 4.79 Å². The lowest BCUT2D eigenvalue weighted by Gasteiger charge is -2.32. The van der Waals surface area contributed by atoms with Crippen LogP contribution in [0.5, 0.6) is 0 Å². The summed E-state index contributed by atoms with van der Waals surface area (Å²) in [5, 5.41) is -0.374. The quantitative estimate of drug-likeness (QED) is 0.768. The van der Waals surface area contributed by atoms with Gasteiger partial charge in [-0.25, -0.2) is 0 Å². The summed E-state index contributed by atoms with van der Waals surface area (Å²) in [5.74, 6) is 0.0565. The molecule has 2 heterocycles. The molecule has 1 aromatic carbocycles. The maximum Gasteiger partial charge on any atom is 0.255 e. The van der Waals surface area contributed by atoms with Crippen LogP contribution < -0.4 is 0 Å². The summed E-state index contributed by atoms with van der Waals surface area (Å²) >= 11 is 3.43. The lowest BCUT2D eigenvalue weighted by molar-refractivity contribution is 0.0731. The van der Waals surface area contributed by atoms with Gasteiger partial charge in [-0.05, 0) is 29.8 Å². The van der Waals surface area contributed by atoms with E-state index in [1.807, 2.05) is 57.0 Å². The number of pyridine rings is 1. The second-order valence-electron chi connectivity index (χ2n) is 5.48. The summed E-state index contributed by atoms with van der Waals surface area (Å²) in [5.41, 5.74) is 2.69. The highest BCUT2D eigenvalue weighted by Gasteiger charge is 2.43. The molecule has 0 saturated carbocycles. The summed E-state index contributed by atoms with van der Waals surface area (Å²) in [4.78, 5) is 18.8. The zero-order valence-electron chi connectivity index (χ0n) is 11.4. The number of rotatable bonds is 2. The Kier molecular flexibility index (Phi) is 3.21. The Morgan fingerprint density at radius 3 is 2.55 bits per heavy atom. The van der Waals surface area contributed by atoms with Crippen LogP contribution in [-0.2, 0) is 11.9 Å². The van der Waals surface area contributed by atoms with Gasteiger partial charge in [0.05, 0.1) is 11.3 Å². The number of carbonyl (C=O) groups excluding carboxylic acids is 1. The number of carbonyl (C=O) groups is 1. The molecule has 0 aliphatic carbocycles. The van der Waals surface area contributed by atoms with Gasteiger partial charge in [-0.2, -0.15) is 0 Å². The molecule has 0 saturated heterocycles. The second-order valence-corrected chi connectivity index (χ2v) is 6.39. The molecule has 20 heavy (non-hydrogen) atoms. The van der Waals surface area contributed by atoms with Crippen LogP contribution in [0.1, 0.15) is 21.6 Å². The van der Waals surface area contributed by atoms with Gasteiger partial charge < -0.3 is 4.90 Å². The molecule has 1 amide bonds. The van der Waals surface area contributed by atoms with E-state index in [0.717, 1.165) is 21.3 Å². The maximum absolute atomic E-state index is 12.6. The third-order valence-corrected chi connectivity index (χ3v) is 4.32. The first kappa shape index (κ1) is 13.4. The Bertz CT molecular complexity index is 673. The van der Waals surface area contributed by atoms with E-state index in [0.29, 0.717) is 6.54 Å². The highest BCUT2D eigenvalue weighted by atomic mass is 79.9. The van der Waals surface area contributed by atoms with Crippen LogP contribution in [0.4, 0.5) is 0 Å². The van der Waals surface area contributed by atoms with E-state index in [1.54, 1.807) is 6.20 Å². The average molecular weight is 327 g/mol. The predicted octanol–water partition coefficient (Wildman–Crippen LogP) is 0.877. The minimum Gasteiger partial charge on any atom is -0.339 e. The maximum atomic E-state index is 12.6. The van der Waals surface area contributed by atoms with Gasteiger partial charge in [0, 0.05) is 22.6 Å². The first-order valence-electron chi connectivity index (χ1n) is 6.52. The molecule has 2 aromatic rings. The van der Waals surface area contributed by atoms with Gasteiger partial charge >= 0.3 is 0 Å². The van der Waals surface area contributed by atoms with Crippen LogP contribution in [0.3, 0.4) is 0 Å². The summed E-state index contributed by atoms with van der Waals surface area (Å²) in [7, 11) is 4.09. The van der Waals surface area contributed by atoms with Crippen LogP contribution in [0.15, 0.2) is 47.1 Å². The van der Waals surface area contributed by atoms with Crippen molar-refractivity contribution >= 4 is 37.5 Å². The van der Waals surface area contributed by atoms with Gasteiger partial charge in [0.2, 0.25) is 0 Å². The number of nitrogens with zero attached hydrogens (tertiary/aromatic N) is 2. The Labute approximate surface area is 128 Å². The highest BCUT2D eigenvalue weighted by molar-refractivity contribution is 9.10. The second kappa shape index (κ2) is 4.77. The monoisotopic (exact) mass is 326 g/mol. The predicted molar refractivity (Wildman–Crippen MR) is 87.0 cm³/mol. The molecule has 3 nitrogen and oxygen atoms in total. The zero-order valence-corrected chi connectivity index (χ0v) is 13.0. The number of hydrogen-bond acceptors (Lipinski definition) is 2. The molecule has 0 N–H and O–H groups in total. The minimum absolute atomic E-state index is 0.0565. The first-order chi connectivity index (χ1) is 9.50. The van der Waals surface area contributed by atoms with Crippen molar-refractivity contribution in [2.75, 3.05) is 0 Å². The lowest BCUT2D eigenvalue weighted by atomic mass is 9.59. The van der Waals surface area contributed by atoms with E-state index >= 15 is 0 Å². The van der Waals surface area contributed by atoms with Gasteiger partial charge in [0.15, 0.2) is 0 Å². The molecular formula is C14H13B2BrN2O. The number of fused-ring (bicyclic) bond motifs is 1. The molecule has 0 fully saturated rings. The molecule has 0 bridgehead atoms. The van der Waals surface area contributed by atoms with Crippen LogP contribution in [0.2, 0.25) is 0 Å². The summed E-state index contributed by atoms with van der Waals surface area (Å²) in [6.45, 7) is 0.593. The van der Waals surface area contributed by atoms with Crippen molar-refractivity contribution in [3.63, 3.8) is 0 Å². The fourth-order valence-corrected chi connectivity index (χ4v) is 2.90. The van der Waals surface area contributed by atoms with E-state index in [-0.39, 0.29) is 11.2 Å². The Hall–Kier alpha value is -1.55. The number of benzene rings is 1. The fraction of sp³-hybridized carbons (Fsp3) is 0.143. The molecule has 1 aliphatic rings. The zero-order chi connectivity index (χ0) is 14.3. The largest absolute Gasteiger partial charge is 0.339 e. The van der Waals surface area contributed by atoms with Crippen molar-refractivity contribution in [1.82, 2.24) is 9.88 Å². The molecule has 3 rings (SSSR count). The van der Waals surface area contributed by atoms with Gasteiger partial charge in [0.25, 0.3) is 5.91 Å². The van der Waals surface area contributed by atoms with E-state index in [4.69, 9.17) is 0 Å². The van der Waals surface area contributed by atoms with Crippen molar-refractivity contribution in [1.29, 1.82) is 0 Å².